The number of amides is 1. The molecule has 0 fully saturated rings. The van der Waals surface area contributed by atoms with Gasteiger partial charge in [0.2, 0.25) is 5.91 Å². The summed E-state index contributed by atoms with van der Waals surface area (Å²) >= 11 is 0. The van der Waals surface area contributed by atoms with Crippen molar-refractivity contribution in [3.05, 3.63) is 12.0 Å². The van der Waals surface area contributed by atoms with Crippen molar-refractivity contribution in [3.63, 3.8) is 0 Å². The van der Waals surface area contributed by atoms with Crippen LogP contribution in [0.15, 0.2) is 12.0 Å². The second-order valence-electron chi connectivity index (χ2n) is 4.84. The number of ether oxygens (including phenoxy) is 4. The van der Waals surface area contributed by atoms with Gasteiger partial charge in [0.25, 0.3) is 0 Å². The topological polar surface area (TPSA) is 117 Å². The van der Waals surface area contributed by atoms with Crippen LogP contribution in [0.25, 0.3) is 0 Å². The molecule has 0 aliphatic carbocycles. The molecule has 0 spiro atoms. The van der Waals surface area contributed by atoms with Crippen molar-refractivity contribution in [1.82, 2.24) is 5.32 Å². The molecular formula is C14H19NO8. The van der Waals surface area contributed by atoms with Gasteiger partial charge in [-0.25, -0.2) is 0 Å². The van der Waals surface area contributed by atoms with Gasteiger partial charge in [-0.15, -0.1) is 0 Å². The van der Waals surface area contributed by atoms with E-state index in [4.69, 9.17) is 18.9 Å². The van der Waals surface area contributed by atoms with Crippen LogP contribution in [-0.4, -0.2) is 48.7 Å². The van der Waals surface area contributed by atoms with Crippen molar-refractivity contribution in [2.24, 2.45) is 0 Å². The minimum absolute atomic E-state index is 0.123. The van der Waals surface area contributed by atoms with E-state index >= 15 is 0 Å². The summed E-state index contributed by atoms with van der Waals surface area (Å²) in [6.07, 6.45) is -1.88. The fourth-order valence-electron chi connectivity index (χ4n) is 1.95. The Morgan fingerprint density at radius 3 is 2.13 bits per heavy atom. The van der Waals surface area contributed by atoms with Crippen LogP contribution in [-0.2, 0) is 38.1 Å². The molecule has 0 unspecified atom stereocenters. The summed E-state index contributed by atoms with van der Waals surface area (Å²) < 4.78 is 20.5. The van der Waals surface area contributed by atoms with Gasteiger partial charge in [0, 0.05) is 27.7 Å². The van der Waals surface area contributed by atoms with Gasteiger partial charge in [0.05, 0.1) is 5.70 Å². The highest BCUT2D eigenvalue weighted by atomic mass is 16.6. The van der Waals surface area contributed by atoms with E-state index in [9.17, 15) is 19.2 Å². The maximum atomic E-state index is 11.3. The van der Waals surface area contributed by atoms with E-state index in [2.05, 4.69) is 5.32 Å². The molecule has 0 aromatic rings. The summed E-state index contributed by atoms with van der Waals surface area (Å²) in [5.74, 6) is -2.25. The van der Waals surface area contributed by atoms with Crippen LogP contribution in [0.4, 0.5) is 0 Å². The van der Waals surface area contributed by atoms with Crippen molar-refractivity contribution < 1.29 is 38.1 Å². The fraction of sp³-hybridized carbons (Fsp3) is 0.571. The lowest BCUT2D eigenvalue weighted by atomic mass is 10.0. The zero-order chi connectivity index (χ0) is 17.6. The standard InChI is InChI=1S/C14H19NO8/c1-7(16)15-11-5-21-12(6-20-8(2)17)14(23-10(4)19)13(11)22-9(3)18/h5,12-14H,6H2,1-4H3,(H,15,16)/t12-,13-,14-/m1/s1. The quantitative estimate of drug-likeness (QED) is 0.544. The van der Waals surface area contributed by atoms with E-state index in [1.165, 1.54) is 34.0 Å². The first kappa shape index (κ1) is 18.5. The first-order valence-corrected chi connectivity index (χ1v) is 6.81. The second kappa shape index (κ2) is 8.16. The Labute approximate surface area is 132 Å². The molecule has 128 valence electrons. The Morgan fingerprint density at radius 2 is 1.65 bits per heavy atom. The van der Waals surface area contributed by atoms with E-state index < -0.39 is 42.1 Å². The molecule has 1 heterocycles. The Balaban J connectivity index is 3.07. The summed E-state index contributed by atoms with van der Waals surface area (Å²) in [6, 6.07) is 0. The lowest BCUT2D eigenvalue weighted by molar-refractivity contribution is -0.181. The summed E-state index contributed by atoms with van der Waals surface area (Å²) in [4.78, 5) is 44.8. The smallest absolute Gasteiger partial charge is 0.303 e. The molecule has 1 rings (SSSR count). The molecule has 1 amide bonds. The average molecular weight is 329 g/mol. The molecule has 0 bridgehead atoms. The van der Waals surface area contributed by atoms with Gasteiger partial charge < -0.3 is 24.3 Å². The SMILES string of the molecule is CC(=O)NC1=CO[C@H](COC(C)=O)[C@@H](OC(C)=O)[C@@H]1OC(C)=O. The molecule has 0 radical (unpaired) electrons. The number of rotatable bonds is 5. The van der Waals surface area contributed by atoms with Crippen molar-refractivity contribution in [2.45, 2.75) is 46.0 Å². The molecular weight excluding hydrogens is 310 g/mol. The Morgan fingerprint density at radius 1 is 1.04 bits per heavy atom. The number of esters is 3. The van der Waals surface area contributed by atoms with E-state index in [1.54, 1.807) is 0 Å². The normalized spacial score (nSPS) is 23.0. The molecule has 1 aliphatic heterocycles. The molecule has 9 heteroatoms. The molecule has 9 nitrogen and oxygen atoms in total. The summed E-state index contributed by atoms with van der Waals surface area (Å²) in [7, 11) is 0. The lowest BCUT2D eigenvalue weighted by Crippen LogP contribution is -2.52. The molecule has 0 saturated carbocycles. The maximum Gasteiger partial charge on any atom is 0.303 e. The molecule has 3 atom stereocenters. The highest BCUT2D eigenvalue weighted by Gasteiger charge is 2.42. The Kier molecular flexibility index (Phi) is 6.55. The number of carbonyl (C=O) groups is 4. The van der Waals surface area contributed by atoms with Crippen LogP contribution in [0.3, 0.4) is 0 Å². The van der Waals surface area contributed by atoms with Crippen LogP contribution in [0.2, 0.25) is 0 Å². The summed E-state index contributed by atoms with van der Waals surface area (Å²) in [5, 5.41) is 2.45. The van der Waals surface area contributed by atoms with Gasteiger partial charge in [0.1, 0.15) is 12.9 Å². The molecule has 1 aliphatic rings. The predicted molar refractivity (Wildman–Crippen MR) is 74.5 cm³/mol. The monoisotopic (exact) mass is 329 g/mol. The summed E-state index contributed by atoms with van der Waals surface area (Å²) in [6.45, 7) is 4.61. The minimum atomic E-state index is -1.09. The van der Waals surface area contributed by atoms with Crippen LogP contribution < -0.4 is 5.32 Å². The van der Waals surface area contributed by atoms with Crippen molar-refractivity contribution in [1.29, 1.82) is 0 Å². The zero-order valence-corrected chi connectivity index (χ0v) is 13.3. The number of hydrogen-bond donors (Lipinski definition) is 1. The zero-order valence-electron chi connectivity index (χ0n) is 13.3. The highest BCUT2D eigenvalue weighted by Crippen LogP contribution is 2.24. The van der Waals surface area contributed by atoms with E-state index in [0.29, 0.717) is 0 Å². The second-order valence-corrected chi connectivity index (χ2v) is 4.84. The minimum Gasteiger partial charge on any atom is -0.488 e. The maximum absolute atomic E-state index is 11.3. The van der Waals surface area contributed by atoms with Gasteiger partial charge in [-0.1, -0.05) is 0 Å². The third-order valence-corrected chi connectivity index (χ3v) is 2.71. The molecule has 1 N–H and O–H groups in total. The number of nitrogens with one attached hydrogen (secondary N) is 1. The predicted octanol–water partition coefficient (Wildman–Crippen LogP) is -0.211. The third-order valence-electron chi connectivity index (χ3n) is 2.71. The first-order chi connectivity index (χ1) is 10.7. The van der Waals surface area contributed by atoms with Crippen LogP contribution in [0, 0.1) is 0 Å². The first-order valence-electron chi connectivity index (χ1n) is 6.81. The Bertz CT molecular complexity index is 527. The lowest BCUT2D eigenvalue weighted by Gasteiger charge is -2.36. The van der Waals surface area contributed by atoms with Gasteiger partial charge in [0.15, 0.2) is 18.3 Å². The van der Waals surface area contributed by atoms with Gasteiger partial charge in [-0.3, -0.25) is 19.2 Å². The van der Waals surface area contributed by atoms with E-state index in [1.807, 2.05) is 0 Å². The molecule has 23 heavy (non-hydrogen) atoms. The Hall–Kier alpha value is -2.58. The molecule has 0 aromatic heterocycles. The molecule has 0 aromatic carbocycles. The van der Waals surface area contributed by atoms with Gasteiger partial charge in [-0.2, -0.15) is 0 Å². The fourth-order valence-corrected chi connectivity index (χ4v) is 1.95. The van der Waals surface area contributed by atoms with Crippen molar-refractivity contribution in [2.75, 3.05) is 6.61 Å². The highest BCUT2D eigenvalue weighted by molar-refractivity contribution is 5.75. The number of carbonyl (C=O) groups excluding carboxylic acids is 4. The van der Waals surface area contributed by atoms with Gasteiger partial charge >= 0.3 is 17.9 Å². The van der Waals surface area contributed by atoms with Crippen molar-refractivity contribution in [3.8, 4) is 0 Å². The largest absolute Gasteiger partial charge is 0.488 e. The third kappa shape index (κ3) is 5.97. The summed E-state index contributed by atoms with van der Waals surface area (Å²) in [5.41, 5.74) is 0.123. The van der Waals surface area contributed by atoms with E-state index in [-0.39, 0.29) is 12.3 Å². The van der Waals surface area contributed by atoms with E-state index in [0.717, 1.165) is 0 Å². The molecule has 0 saturated heterocycles. The average Bonchev–Trinajstić information content (AvgIpc) is 2.39. The number of hydrogen-bond acceptors (Lipinski definition) is 8. The van der Waals surface area contributed by atoms with Crippen molar-refractivity contribution >= 4 is 23.8 Å². The van der Waals surface area contributed by atoms with Crippen LogP contribution in [0.5, 0.6) is 0 Å². The van der Waals surface area contributed by atoms with Crippen LogP contribution >= 0.6 is 0 Å². The van der Waals surface area contributed by atoms with Crippen LogP contribution in [0.1, 0.15) is 27.7 Å². The van der Waals surface area contributed by atoms with Gasteiger partial charge in [-0.05, 0) is 0 Å².